The van der Waals surface area contributed by atoms with E-state index in [1.165, 1.54) is 11.0 Å². The van der Waals surface area contributed by atoms with Crippen molar-refractivity contribution in [2.75, 3.05) is 13.7 Å². The third-order valence-electron chi connectivity index (χ3n) is 5.26. The summed E-state index contributed by atoms with van der Waals surface area (Å²) >= 11 is 5.08. The molecule has 1 saturated heterocycles. The van der Waals surface area contributed by atoms with Crippen molar-refractivity contribution in [1.82, 2.24) is 10.2 Å². The number of hydrogen-bond acceptors (Lipinski definition) is 5. The highest BCUT2D eigenvalue weighted by Gasteiger charge is 2.32. The largest absolute Gasteiger partial charge is 0.493 e. The van der Waals surface area contributed by atoms with Crippen molar-refractivity contribution in [3.63, 3.8) is 0 Å². The molecule has 33 heavy (non-hydrogen) atoms. The Hall–Kier alpha value is -3.97. The average molecular weight is 459 g/mol. The lowest BCUT2D eigenvalue weighted by atomic mass is 10.1. The predicted octanol–water partition coefficient (Wildman–Crippen LogP) is 4.24. The molecular formula is C26H22N2O4S. The number of thiocarbonyl (C=S) groups is 1. The van der Waals surface area contributed by atoms with Crippen LogP contribution in [0.5, 0.6) is 11.5 Å². The average Bonchev–Trinajstić information content (AvgIpc) is 2.83. The van der Waals surface area contributed by atoms with Gasteiger partial charge in [0, 0.05) is 6.54 Å². The van der Waals surface area contributed by atoms with Gasteiger partial charge in [-0.15, -0.1) is 6.58 Å². The molecule has 7 heteroatoms. The fraction of sp³-hybridized carbons (Fsp3) is 0.115. The third-order valence-corrected chi connectivity index (χ3v) is 5.58. The zero-order valence-electron chi connectivity index (χ0n) is 18.0. The van der Waals surface area contributed by atoms with E-state index < -0.39 is 11.8 Å². The summed E-state index contributed by atoms with van der Waals surface area (Å²) in [5.41, 5.74) is 1.66. The first kappa shape index (κ1) is 22.2. The number of hydrogen-bond donors (Lipinski definition) is 1. The van der Waals surface area contributed by atoms with Gasteiger partial charge in [0.15, 0.2) is 16.6 Å². The summed E-state index contributed by atoms with van der Waals surface area (Å²) in [6.45, 7) is 4.20. The van der Waals surface area contributed by atoms with E-state index in [9.17, 15) is 9.59 Å². The van der Waals surface area contributed by atoms with Gasteiger partial charge < -0.3 is 9.47 Å². The van der Waals surface area contributed by atoms with E-state index in [1.807, 2.05) is 24.3 Å². The Labute approximate surface area is 197 Å². The molecule has 1 heterocycles. The molecule has 3 aromatic carbocycles. The molecule has 0 spiro atoms. The van der Waals surface area contributed by atoms with Crippen LogP contribution in [-0.2, 0) is 16.2 Å². The molecule has 4 rings (SSSR count). The number of carbonyl (C=O) groups excluding carboxylic acids is 2. The van der Waals surface area contributed by atoms with Gasteiger partial charge in [0.25, 0.3) is 11.8 Å². The molecule has 0 saturated carbocycles. The Balaban J connectivity index is 1.58. The van der Waals surface area contributed by atoms with Crippen molar-refractivity contribution in [1.29, 1.82) is 0 Å². The van der Waals surface area contributed by atoms with Gasteiger partial charge in [-0.3, -0.25) is 19.8 Å². The highest BCUT2D eigenvalue weighted by molar-refractivity contribution is 7.80. The number of fused-ring (bicyclic) bond motifs is 1. The van der Waals surface area contributed by atoms with Crippen LogP contribution >= 0.6 is 12.2 Å². The number of ether oxygens (including phenoxy) is 2. The standard InChI is InChI=1S/C26H22N2O4S/c1-3-13-28-25(30)21(24(29)27-26(28)33)14-17-11-12-22(23(15-17)31-2)32-16-19-9-6-8-18-7-4-5-10-20(18)19/h3-12,14-15H,1,13,16H2,2H3,(H,27,29,33)/b21-14-. The van der Waals surface area contributed by atoms with Gasteiger partial charge in [0.1, 0.15) is 12.2 Å². The molecule has 6 nitrogen and oxygen atoms in total. The van der Waals surface area contributed by atoms with E-state index in [1.54, 1.807) is 31.4 Å². The van der Waals surface area contributed by atoms with Crippen molar-refractivity contribution >= 4 is 46.0 Å². The molecule has 3 aromatic rings. The highest BCUT2D eigenvalue weighted by Crippen LogP contribution is 2.31. The van der Waals surface area contributed by atoms with Crippen molar-refractivity contribution in [2.24, 2.45) is 0 Å². The Morgan fingerprint density at radius 1 is 1.06 bits per heavy atom. The molecule has 0 aliphatic carbocycles. The first-order chi connectivity index (χ1) is 16.0. The number of nitrogens with zero attached hydrogens (tertiary/aromatic N) is 1. The van der Waals surface area contributed by atoms with E-state index in [0.29, 0.717) is 23.7 Å². The molecule has 0 radical (unpaired) electrons. The number of nitrogens with one attached hydrogen (secondary N) is 1. The number of rotatable bonds is 7. The van der Waals surface area contributed by atoms with E-state index in [4.69, 9.17) is 21.7 Å². The van der Waals surface area contributed by atoms with Crippen LogP contribution in [0.15, 0.2) is 78.9 Å². The Morgan fingerprint density at radius 2 is 1.85 bits per heavy atom. The summed E-state index contributed by atoms with van der Waals surface area (Å²) < 4.78 is 11.5. The van der Waals surface area contributed by atoms with Crippen LogP contribution in [0.1, 0.15) is 11.1 Å². The van der Waals surface area contributed by atoms with Crippen molar-refractivity contribution in [3.8, 4) is 11.5 Å². The van der Waals surface area contributed by atoms with Crippen LogP contribution in [0.3, 0.4) is 0 Å². The van der Waals surface area contributed by atoms with Gasteiger partial charge in [-0.1, -0.05) is 54.6 Å². The molecule has 0 atom stereocenters. The van der Waals surface area contributed by atoms with Crippen LogP contribution < -0.4 is 14.8 Å². The van der Waals surface area contributed by atoms with Crippen molar-refractivity contribution < 1.29 is 19.1 Å². The minimum Gasteiger partial charge on any atom is -0.493 e. The lowest BCUT2D eigenvalue weighted by Gasteiger charge is -2.27. The molecule has 1 aliphatic rings. The first-order valence-electron chi connectivity index (χ1n) is 10.3. The molecule has 0 bridgehead atoms. The summed E-state index contributed by atoms with van der Waals surface area (Å²) in [4.78, 5) is 26.4. The van der Waals surface area contributed by atoms with Crippen LogP contribution in [0.4, 0.5) is 0 Å². The second kappa shape index (κ2) is 9.67. The molecule has 0 unspecified atom stereocenters. The monoisotopic (exact) mass is 458 g/mol. The topological polar surface area (TPSA) is 67.9 Å². The van der Waals surface area contributed by atoms with Gasteiger partial charge in [-0.05, 0) is 52.3 Å². The summed E-state index contributed by atoms with van der Waals surface area (Å²) in [6, 6.07) is 19.5. The highest BCUT2D eigenvalue weighted by atomic mass is 32.1. The number of amides is 2. The third kappa shape index (κ3) is 4.63. The summed E-state index contributed by atoms with van der Waals surface area (Å²) in [5.74, 6) is 0.0349. The van der Waals surface area contributed by atoms with Crippen LogP contribution in [0.2, 0.25) is 0 Å². The molecule has 166 valence electrons. The SMILES string of the molecule is C=CCN1C(=O)/C(=C\c2ccc(OCc3cccc4ccccc34)c(OC)c2)C(=O)NC1=S. The summed E-state index contributed by atoms with van der Waals surface area (Å²) in [5, 5.41) is 4.88. The second-order valence-corrected chi connectivity index (χ2v) is 7.75. The van der Waals surface area contributed by atoms with Crippen LogP contribution in [-0.4, -0.2) is 35.5 Å². The molecular weight excluding hydrogens is 436 g/mol. The van der Waals surface area contributed by atoms with Crippen LogP contribution in [0.25, 0.3) is 16.8 Å². The Morgan fingerprint density at radius 3 is 2.64 bits per heavy atom. The van der Waals surface area contributed by atoms with Crippen LogP contribution in [0, 0.1) is 0 Å². The van der Waals surface area contributed by atoms with Gasteiger partial charge >= 0.3 is 0 Å². The smallest absolute Gasteiger partial charge is 0.265 e. The molecule has 2 amide bonds. The van der Waals surface area contributed by atoms with Gasteiger partial charge in [-0.2, -0.15) is 0 Å². The minimum absolute atomic E-state index is 0.0167. The van der Waals surface area contributed by atoms with Crippen molar-refractivity contribution in [2.45, 2.75) is 6.61 Å². The fourth-order valence-corrected chi connectivity index (χ4v) is 3.87. The first-order valence-corrected chi connectivity index (χ1v) is 10.7. The lowest BCUT2D eigenvalue weighted by Crippen LogP contribution is -2.53. The van der Waals surface area contributed by atoms with E-state index in [2.05, 4.69) is 30.1 Å². The quantitative estimate of drug-likeness (QED) is 0.248. The summed E-state index contributed by atoms with van der Waals surface area (Å²) in [6.07, 6.45) is 3.05. The molecule has 1 fully saturated rings. The maximum Gasteiger partial charge on any atom is 0.265 e. The van der Waals surface area contributed by atoms with E-state index in [-0.39, 0.29) is 17.2 Å². The normalized spacial score (nSPS) is 15.0. The Bertz CT molecular complexity index is 1290. The number of benzene rings is 3. The molecule has 1 N–H and O–H groups in total. The minimum atomic E-state index is -0.541. The fourth-order valence-electron chi connectivity index (χ4n) is 3.62. The van der Waals surface area contributed by atoms with E-state index >= 15 is 0 Å². The molecule has 1 aliphatic heterocycles. The lowest BCUT2D eigenvalue weighted by molar-refractivity contribution is -0.128. The zero-order chi connectivity index (χ0) is 23.4. The maximum absolute atomic E-state index is 12.7. The van der Waals surface area contributed by atoms with Gasteiger partial charge in [0.05, 0.1) is 7.11 Å². The summed E-state index contributed by atoms with van der Waals surface area (Å²) in [7, 11) is 1.54. The second-order valence-electron chi connectivity index (χ2n) is 7.36. The van der Waals surface area contributed by atoms with Crippen molar-refractivity contribution in [3.05, 3.63) is 90.0 Å². The molecule has 0 aromatic heterocycles. The van der Waals surface area contributed by atoms with Gasteiger partial charge in [-0.25, -0.2) is 0 Å². The van der Waals surface area contributed by atoms with Gasteiger partial charge in [0.2, 0.25) is 0 Å². The van der Waals surface area contributed by atoms with E-state index in [0.717, 1.165) is 16.3 Å². The number of methoxy groups -OCH3 is 1. The maximum atomic E-state index is 12.7. The number of carbonyl (C=O) groups is 2. The predicted molar refractivity (Wildman–Crippen MR) is 132 cm³/mol. The zero-order valence-corrected chi connectivity index (χ0v) is 18.9. The Kier molecular flexibility index (Phi) is 6.51.